The Morgan fingerprint density at radius 2 is 2.00 bits per heavy atom. The van der Waals surface area contributed by atoms with Crippen molar-refractivity contribution in [2.24, 2.45) is 5.73 Å². The summed E-state index contributed by atoms with van der Waals surface area (Å²) >= 11 is 0. The minimum Gasteiger partial charge on any atom is -0.384 e. The van der Waals surface area contributed by atoms with E-state index in [0.29, 0.717) is 32.7 Å². The van der Waals surface area contributed by atoms with Gasteiger partial charge in [-0.25, -0.2) is 0 Å². The Balaban J connectivity index is 0.00000324. The molecule has 0 spiro atoms. The van der Waals surface area contributed by atoms with Crippen molar-refractivity contribution < 1.29 is 9.53 Å². The van der Waals surface area contributed by atoms with E-state index in [1.54, 1.807) is 7.11 Å². The monoisotopic (exact) mass is 286 g/mol. The van der Waals surface area contributed by atoms with E-state index in [2.05, 4.69) is 0 Å². The molecular formula is C14H23ClN2O2. The average Bonchev–Trinajstić information content (AvgIpc) is 2.42. The standard InChI is InChI=1S/C14H22N2O2.ClH/c1-18-11-8-14(17)16(10-5-9-15)12-13-6-3-2-4-7-13;/h2-4,6-7H,5,8-12,15H2,1H3;1H. The van der Waals surface area contributed by atoms with Crippen LogP contribution in [0.5, 0.6) is 0 Å². The number of nitrogens with two attached hydrogens (primary N) is 1. The maximum Gasteiger partial charge on any atom is 0.225 e. The Labute approximate surface area is 121 Å². The Hall–Kier alpha value is -1.10. The van der Waals surface area contributed by atoms with Crippen molar-refractivity contribution in [1.82, 2.24) is 4.90 Å². The van der Waals surface area contributed by atoms with Gasteiger partial charge >= 0.3 is 0 Å². The van der Waals surface area contributed by atoms with Gasteiger partial charge in [0.2, 0.25) is 5.91 Å². The second kappa shape index (κ2) is 10.8. The summed E-state index contributed by atoms with van der Waals surface area (Å²) in [6.45, 7) is 2.41. The van der Waals surface area contributed by atoms with Crippen LogP contribution in [0.3, 0.4) is 0 Å². The van der Waals surface area contributed by atoms with Gasteiger partial charge in [-0.2, -0.15) is 0 Å². The second-order valence-corrected chi connectivity index (χ2v) is 4.19. The van der Waals surface area contributed by atoms with E-state index in [9.17, 15) is 4.79 Å². The van der Waals surface area contributed by atoms with Crippen molar-refractivity contribution in [3.8, 4) is 0 Å². The molecule has 0 radical (unpaired) electrons. The molecule has 2 N–H and O–H groups in total. The zero-order valence-electron chi connectivity index (χ0n) is 11.4. The molecule has 0 heterocycles. The van der Waals surface area contributed by atoms with Gasteiger partial charge in [-0.1, -0.05) is 30.3 Å². The fraction of sp³-hybridized carbons (Fsp3) is 0.500. The quantitative estimate of drug-likeness (QED) is 0.793. The van der Waals surface area contributed by atoms with E-state index >= 15 is 0 Å². The van der Waals surface area contributed by atoms with Crippen molar-refractivity contribution in [3.63, 3.8) is 0 Å². The fourth-order valence-corrected chi connectivity index (χ4v) is 1.73. The maximum absolute atomic E-state index is 12.0. The lowest BCUT2D eigenvalue weighted by atomic mass is 10.2. The van der Waals surface area contributed by atoms with Gasteiger partial charge in [-0.05, 0) is 18.5 Å². The molecule has 1 aromatic rings. The predicted molar refractivity (Wildman–Crippen MR) is 79.3 cm³/mol. The van der Waals surface area contributed by atoms with Gasteiger partial charge in [0.25, 0.3) is 0 Å². The highest BCUT2D eigenvalue weighted by Crippen LogP contribution is 2.06. The third kappa shape index (κ3) is 7.15. The summed E-state index contributed by atoms with van der Waals surface area (Å²) in [5.74, 6) is 0.120. The average molecular weight is 287 g/mol. The number of benzene rings is 1. The van der Waals surface area contributed by atoms with Crippen molar-refractivity contribution in [3.05, 3.63) is 35.9 Å². The Kier molecular flexibility index (Phi) is 10.2. The van der Waals surface area contributed by atoms with Crippen molar-refractivity contribution in [1.29, 1.82) is 0 Å². The fourth-order valence-electron chi connectivity index (χ4n) is 1.73. The number of rotatable bonds is 8. The number of hydrogen-bond acceptors (Lipinski definition) is 3. The largest absolute Gasteiger partial charge is 0.384 e. The number of ether oxygens (including phenoxy) is 1. The molecular weight excluding hydrogens is 264 g/mol. The third-order valence-corrected chi connectivity index (χ3v) is 2.72. The summed E-state index contributed by atoms with van der Waals surface area (Å²) in [7, 11) is 1.61. The first-order valence-electron chi connectivity index (χ1n) is 6.28. The highest BCUT2D eigenvalue weighted by atomic mass is 35.5. The molecule has 0 aliphatic carbocycles. The van der Waals surface area contributed by atoms with Crippen LogP contribution >= 0.6 is 12.4 Å². The van der Waals surface area contributed by atoms with Gasteiger partial charge in [0.05, 0.1) is 13.0 Å². The lowest BCUT2D eigenvalue weighted by molar-refractivity contribution is -0.132. The first kappa shape index (κ1) is 17.9. The van der Waals surface area contributed by atoms with Gasteiger partial charge in [0.15, 0.2) is 0 Å². The molecule has 0 aliphatic rings. The molecule has 19 heavy (non-hydrogen) atoms. The van der Waals surface area contributed by atoms with E-state index < -0.39 is 0 Å². The second-order valence-electron chi connectivity index (χ2n) is 4.19. The van der Waals surface area contributed by atoms with Gasteiger partial charge < -0.3 is 15.4 Å². The highest BCUT2D eigenvalue weighted by molar-refractivity contribution is 5.85. The van der Waals surface area contributed by atoms with E-state index in [-0.39, 0.29) is 18.3 Å². The summed E-state index contributed by atoms with van der Waals surface area (Å²) in [6, 6.07) is 9.99. The van der Waals surface area contributed by atoms with Crippen molar-refractivity contribution >= 4 is 18.3 Å². The topological polar surface area (TPSA) is 55.6 Å². The van der Waals surface area contributed by atoms with Crippen molar-refractivity contribution in [2.45, 2.75) is 19.4 Å². The Bertz CT molecular complexity index is 347. The van der Waals surface area contributed by atoms with Crippen LogP contribution in [0.1, 0.15) is 18.4 Å². The zero-order valence-corrected chi connectivity index (χ0v) is 12.2. The number of amides is 1. The molecule has 0 unspecified atom stereocenters. The lowest BCUT2D eigenvalue weighted by Crippen LogP contribution is -2.33. The Morgan fingerprint density at radius 3 is 2.58 bits per heavy atom. The van der Waals surface area contributed by atoms with Crippen LogP contribution in [0.2, 0.25) is 0 Å². The van der Waals surface area contributed by atoms with Crippen LogP contribution in [0.15, 0.2) is 30.3 Å². The molecule has 0 aliphatic heterocycles. The molecule has 1 amide bonds. The first-order chi connectivity index (χ1) is 8.77. The third-order valence-electron chi connectivity index (χ3n) is 2.72. The molecule has 1 aromatic carbocycles. The van der Waals surface area contributed by atoms with Crippen LogP contribution in [0.25, 0.3) is 0 Å². The van der Waals surface area contributed by atoms with Crippen molar-refractivity contribution in [2.75, 3.05) is 26.8 Å². The molecule has 5 heteroatoms. The Morgan fingerprint density at radius 1 is 1.32 bits per heavy atom. The normalized spacial score (nSPS) is 9.79. The number of hydrogen-bond donors (Lipinski definition) is 1. The molecule has 0 bridgehead atoms. The minimum atomic E-state index is 0. The number of carbonyl (C=O) groups excluding carboxylic acids is 1. The van der Waals surface area contributed by atoms with Crippen LogP contribution in [0.4, 0.5) is 0 Å². The molecule has 0 fully saturated rings. The van der Waals surface area contributed by atoms with Crippen LogP contribution in [-0.4, -0.2) is 37.6 Å². The number of carbonyl (C=O) groups is 1. The van der Waals surface area contributed by atoms with Gasteiger partial charge in [-0.3, -0.25) is 4.79 Å². The predicted octanol–water partition coefficient (Wildman–Crippen LogP) is 1.82. The maximum atomic E-state index is 12.0. The zero-order chi connectivity index (χ0) is 13.2. The molecule has 1 rings (SSSR count). The van der Waals surface area contributed by atoms with Gasteiger partial charge in [0, 0.05) is 20.2 Å². The highest BCUT2D eigenvalue weighted by Gasteiger charge is 2.12. The van der Waals surface area contributed by atoms with E-state index in [1.165, 1.54) is 0 Å². The minimum absolute atomic E-state index is 0. The lowest BCUT2D eigenvalue weighted by Gasteiger charge is -2.22. The molecule has 0 aromatic heterocycles. The summed E-state index contributed by atoms with van der Waals surface area (Å²) in [4.78, 5) is 13.9. The summed E-state index contributed by atoms with van der Waals surface area (Å²) < 4.78 is 4.95. The van der Waals surface area contributed by atoms with E-state index in [4.69, 9.17) is 10.5 Å². The number of halogens is 1. The molecule has 4 nitrogen and oxygen atoms in total. The summed E-state index contributed by atoms with van der Waals surface area (Å²) in [5.41, 5.74) is 6.65. The molecule has 0 saturated carbocycles. The van der Waals surface area contributed by atoms with Gasteiger partial charge in [0.1, 0.15) is 0 Å². The van der Waals surface area contributed by atoms with E-state index in [0.717, 1.165) is 12.0 Å². The summed E-state index contributed by atoms with van der Waals surface area (Å²) in [6.07, 6.45) is 1.25. The van der Waals surface area contributed by atoms with Crippen LogP contribution < -0.4 is 5.73 Å². The summed E-state index contributed by atoms with van der Waals surface area (Å²) in [5, 5.41) is 0. The van der Waals surface area contributed by atoms with E-state index in [1.807, 2.05) is 35.2 Å². The van der Waals surface area contributed by atoms with Crippen LogP contribution in [0, 0.1) is 0 Å². The molecule has 108 valence electrons. The number of nitrogens with zero attached hydrogens (tertiary/aromatic N) is 1. The van der Waals surface area contributed by atoms with Crippen LogP contribution in [-0.2, 0) is 16.1 Å². The molecule has 0 atom stereocenters. The first-order valence-corrected chi connectivity index (χ1v) is 6.28. The SMILES string of the molecule is COCCC(=O)N(CCCN)Cc1ccccc1.Cl. The van der Waals surface area contributed by atoms with Gasteiger partial charge in [-0.15, -0.1) is 12.4 Å². The molecule has 0 saturated heterocycles. The number of methoxy groups -OCH3 is 1. The smallest absolute Gasteiger partial charge is 0.225 e.